The largest absolute Gasteiger partial charge is 0.458 e. The molecule has 4 rings (SSSR count). The van der Waals surface area contributed by atoms with Crippen LogP contribution in [0.1, 0.15) is 62.6 Å². The Morgan fingerprint density at radius 1 is 1.02 bits per heavy atom. The molecule has 0 aliphatic heterocycles. The number of nitrogens with zero attached hydrogens (tertiary/aromatic N) is 4. The summed E-state index contributed by atoms with van der Waals surface area (Å²) in [7, 11) is 0. The van der Waals surface area contributed by atoms with E-state index in [2.05, 4.69) is 10.1 Å². The number of benzene rings is 2. The minimum absolute atomic E-state index is 0.00188. The van der Waals surface area contributed by atoms with E-state index < -0.39 is 23.3 Å². The molecule has 0 radical (unpaired) electrons. The molecule has 2 heterocycles. The summed E-state index contributed by atoms with van der Waals surface area (Å²) in [6.45, 7) is 11.7. The number of hydrogen-bond donors (Lipinski definition) is 0. The van der Waals surface area contributed by atoms with E-state index in [1.54, 1.807) is 26.8 Å². The van der Waals surface area contributed by atoms with Crippen molar-refractivity contribution in [1.82, 2.24) is 14.7 Å². The lowest BCUT2D eigenvalue weighted by molar-refractivity contribution is -0.160. The van der Waals surface area contributed by atoms with Crippen molar-refractivity contribution in [3.05, 3.63) is 77.7 Å². The smallest absolute Gasteiger partial charge is 0.418 e. The number of aromatic nitrogens is 3. The molecule has 0 aliphatic carbocycles. The van der Waals surface area contributed by atoms with Gasteiger partial charge in [0.1, 0.15) is 18.0 Å². The Kier molecular flexibility index (Phi) is 10.2. The molecule has 2 aromatic carbocycles. The Morgan fingerprint density at radius 2 is 1.80 bits per heavy atom. The molecule has 4 aromatic rings. The number of halogens is 3. The van der Waals surface area contributed by atoms with Crippen molar-refractivity contribution in [2.75, 3.05) is 24.7 Å². The van der Waals surface area contributed by atoms with Crippen molar-refractivity contribution in [2.24, 2.45) is 0 Å². The van der Waals surface area contributed by atoms with Crippen molar-refractivity contribution >= 4 is 17.3 Å². The van der Waals surface area contributed by atoms with Gasteiger partial charge in [-0.05, 0) is 96.2 Å². The van der Waals surface area contributed by atoms with Gasteiger partial charge in [-0.25, -0.2) is 9.78 Å². The molecule has 0 fully saturated rings. The van der Waals surface area contributed by atoms with E-state index >= 15 is 0 Å². The van der Waals surface area contributed by atoms with Gasteiger partial charge in [0.05, 0.1) is 23.3 Å². The molecule has 0 atom stereocenters. The number of alkyl halides is 3. The summed E-state index contributed by atoms with van der Waals surface area (Å²) in [6.07, 6.45) is 1.81. The maximum atomic E-state index is 14.4. The number of aryl methyl sites for hydroxylation is 3. The molecular weight excluding hydrogens is 573 g/mol. The van der Waals surface area contributed by atoms with Gasteiger partial charge < -0.3 is 23.5 Å². The molecule has 11 heteroatoms. The summed E-state index contributed by atoms with van der Waals surface area (Å²) in [5.74, 6) is 0.246. The highest BCUT2D eigenvalue weighted by Crippen LogP contribution is 2.40. The molecule has 0 aliphatic rings. The zero-order chi connectivity index (χ0) is 32.1. The second-order valence-corrected chi connectivity index (χ2v) is 11.7. The Morgan fingerprint density at radius 3 is 2.43 bits per heavy atom. The predicted molar refractivity (Wildman–Crippen MR) is 162 cm³/mol. The molecule has 0 spiro atoms. The SMILES string of the molecule is Cc1ccc(-c2c(C)noc2C)cc1N(CCCCCOCC(=O)OC(C)(C)C)c1ccc(-n2ccnc2)c(C(F)(F)F)c1. The van der Waals surface area contributed by atoms with Crippen LogP contribution in [0.25, 0.3) is 16.8 Å². The third kappa shape index (κ3) is 8.28. The number of unbranched alkanes of at least 4 members (excludes halogenated alkanes) is 2. The number of ether oxygens (including phenoxy) is 2. The first-order valence-electron chi connectivity index (χ1n) is 14.5. The zero-order valence-corrected chi connectivity index (χ0v) is 26.0. The number of carbonyl (C=O) groups is 1. The maximum absolute atomic E-state index is 14.4. The summed E-state index contributed by atoms with van der Waals surface area (Å²) < 4.78 is 60.6. The van der Waals surface area contributed by atoms with Crippen molar-refractivity contribution in [1.29, 1.82) is 0 Å². The van der Waals surface area contributed by atoms with Gasteiger partial charge in [-0.3, -0.25) is 0 Å². The number of imidazole rings is 1. The third-order valence-electron chi connectivity index (χ3n) is 7.01. The van der Waals surface area contributed by atoms with E-state index in [0.717, 1.165) is 34.5 Å². The summed E-state index contributed by atoms with van der Waals surface area (Å²) in [4.78, 5) is 17.7. The number of rotatable bonds is 12. The van der Waals surface area contributed by atoms with Gasteiger partial charge >= 0.3 is 12.1 Å². The van der Waals surface area contributed by atoms with Gasteiger partial charge in [-0.2, -0.15) is 13.2 Å². The zero-order valence-electron chi connectivity index (χ0n) is 26.0. The average Bonchev–Trinajstić information content (AvgIpc) is 3.59. The highest BCUT2D eigenvalue weighted by molar-refractivity contribution is 5.77. The van der Waals surface area contributed by atoms with Crippen LogP contribution in [0, 0.1) is 20.8 Å². The van der Waals surface area contributed by atoms with Crippen LogP contribution in [-0.4, -0.2) is 46.0 Å². The first kappa shape index (κ1) is 32.8. The lowest BCUT2D eigenvalue weighted by atomic mass is 10.00. The van der Waals surface area contributed by atoms with Gasteiger partial charge in [0, 0.05) is 42.5 Å². The maximum Gasteiger partial charge on any atom is 0.418 e. The summed E-state index contributed by atoms with van der Waals surface area (Å²) in [5, 5.41) is 4.07. The lowest BCUT2D eigenvalue weighted by Gasteiger charge is -2.29. The van der Waals surface area contributed by atoms with E-state index in [0.29, 0.717) is 37.4 Å². The first-order valence-corrected chi connectivity index (χ1v) is 14.5. The molecule has 0 saturated heterocycles. The van der Waals surface area contributed by atoms with Gasteiger partial charge in [0.2, 0.25) is 0 Å². The van der Waals surface area contributed by atoms with Crippen LogP contribution in [0.4, 0.5) is 24.5 Å². The molecule has 44 heavy (non-hydrogen) atoms. The van der Waals surface area contributed by atoms with E-state index in [-0.39, 0.29) is 12.3 Å². The van der Waals surface area contributed by atoms with E-state index in [9.17, 15) is 18.0 Å². The van der Waals surface area contributed by atoms with Gasteiger partial charge in [-0.1, -0.05) is 17.3 Å². The number of esters is 1. The lowest BCUT2D eigenvalue weighted by Crippen LogP contribution is -2.26. The van der Waals surface area contributed by atoms with Crippen molar-refractivity contribution in [2.45, 2.75) is 72.6 Å². The van der Waals surface area contributed by atoms with Crippen LogP contribution in [-0.2, 0) is 20.4 Å². The highest BCUT2D eigenvalue weighted by atomic mass is 19.4. The van der Waals surface area contributed by atoms with Crippen molar-refractivity contribution < 1.29 is 32.0 Å². The quantitative estimate of drug-likeness (QED) is 0.118. The van der Waals surface area contributed by atoms with Crippen LogP contribution in [0.15, 0.2) is 59.6 Å². The number of anilines is 2. The van der Waals surface area contributed by atoms with Crippen LogP contribution < -0.4 is 4.90 Å². The summed E-state index contributed by atoms with van der Waals surface area (Å²) >= 11 is 0. The first-order chi connectivity index (χ1) is 20.7. The fraction of sp³-hybridized carbons (Fsp3) is 0.424. The number of hydrogen-bond acceptors (Lipinski definition) is 7. The molecule has 0 amide bonds. The van der Waals surface area contributed by atoms with E-state index in [1.165, 1.54) is 35.4 Å². The Labute approximate surface area is 255 Å². The molecule has 0 saturated carbocycles. The van der Waals surface area contributed by atoms with Crippen molar-refractivity contribution in [3.63, 3.8) is 0 Å². The number of carbonyl (C=O) groups excluding carboxylic acids is 1. The summed E-state index contributed by atoms with van der Waals surface area (Å²) in [5.41, 5.74) is 3.25. The van der Waals surface area contributed by atoms with Gasteiger partial charge in [-0.15, -0.1) is 0 Å². The Balaban J connectivity index is 1.60. The molecular formula is C33H39F3N4O4. The Hall–Kier alpha value is -4.12. The van der Waals surface area contributed by atoms with Crippen molar-refractivity contribution in [3.8, 4) is 16.8 Å². The highest BCUT2D eigenvalue weighted by Gasteiger charge is 2.35. The van der Waals surface area contributed by atoms with Crippen LogP contribution in [0.5, 0.6) is 0 Å². The Bertz CT molecular complexity index is 1540. The molecule has 0 N–H and O–H groups in total. The van der Waals surface area contributed by atoms with Crippen LogP contribution in [0.3, 0.4) is 0 Å². The molecule has 2 aromatic heterocycles. The fourth-order valence-corrected chi connectivity index (χ4v) is 5.06. The normalized spacial score (nSPS) is 12.0. The summed E-state index contributed by atoms with van der Waals surface area (Å²) in [6, 6.07) is 10.3. The molecule has 0 bridgehead atoms. The topological polar surface area (TPSA) is 82.6 Å². The predicted octanol–water partition coefficient (Wildman–Crippen LogP) is 8.14. The average molecular weight is 613 g/mol. The second kappa shape index (κ2) is 13.7. The minimum atomic E-state index is -4.58. The minimum Gasteiger partial charge on any atom is -0.458 e. The van der Waals surface area contributed by atoms with Gasteiger partial charge in [0.15, 0.2) is 0 Å². The van der Waals surface area contributed by atoms with E-state index in [4.69, 9.17) is 14.0 Å². The van der Waals surface area contributed by atoms with Gasteiger partial charge in [0.25, 0.3) is 0 Å². The van der Waals surface area contributed by atoms with Crippen LogP contribution >= 0.6 is 0 Å². The van der Waals surface area contributed by atoms with E-state index in [1.807, 2.05) is 43.9 Å². The molecule has 0 unspecified atom stereocenters. The standard InChI is InChI=1S/C33H39F3N4O4/c1-22-10-11-25(31-23(2)38-44-24(31)3)18-29(22)40(15-8-7-9-17-42-20-30(41)43-32(4,5)6)26-12-13-28(39-16-14-37-21-39)27(19-26)33(34,35)36/h10-14,16,18-19,21H,7-9,15,17,20H2,1-6H3. The fourth-order valence-electron chi connectivity index (χ4n) is 5.06. The molecule has 236 valence electrons. The van der Waals surface area contributed by atoms with Crippen LogP contribution in [0.2, 0.25) is 0 Å². The third-order valence-corrected chi connectivity index (χ3v) is 7.01. The molecule has 8 nitrogen and oxygen atoms in total. The monoisotopic (exact) mass is 612 g/mol. The second-order valence-electron chi connectivity index (χ2n) is 11.7.